The molecule has 7 nitrogen and oxygen atoms in total. The van der Waals surface area contributed by atoms with E-state index in [-0.39, 0.29) is 42.9 Å². The van der Waals surface area contributed by atoms with Crippen LogP contribution in [-0.2, 0) is 16.0 Å². The quantitative estimate of drug-likeness (QED) is 0.394. The van der Waals surface area contributed by atoms with Crippen molar-refractivity contribution < 1.29 is 28.2 Å². The molecule has 2 aliphatic rings. The molecule has 0 radical (unpaired) electrons. The summed E-state index contributed by atoms with van der Waals surface area (Å²) in [6.07, 6.45) is 2.40. The molecule has 38 heavy (non-hydrogen) atoms. The highest BCUT2D eigenvalue weighted by Gasteiger charge is 2.34. The smallest absolute Gasteiger partial charge is 0.254 e. The van der Waals surface area contributed by atoms with Gasteiger partial charge in [0.05, 0.1) is 19.3 Å². The van der Waals surface area contributed by atoms with Gasteiger partial charge in [0.1, 0.15) is 18.9 Å². The van der Waals surface area contributed by atoms with Crippen LogP contribution in [0.3, 0.4) is 0 Å². The van der Waals surface area contributed by atoms with Crippen LogP contribution in [0.25, 0.3) is 0 Å². The van der Waals surface area contributed by atoms with Crippen molar-refractivity contribution in [2.45, 2.75) is 31.4 Å². The van der Waals surface area contributed by atoms with Crippen LogP contribution in [0.15, 0.2) is 60.0 Å². The Bertz CT molecular complexity index is 1280. The molecule has 2 amide bonds. The van der Waals surface area contributed by atoms with Crippen LogP contribution in [0, 0.1) is 5.82 Å². The Morgan fingerprint density at radius 3 is 2.84 bits per heavy atom. The summed E-state index contributed by atoms with van der Waals surface area (Å²) in [5.74, 6) is -0.155. The summed E-state index contributed by atoms with van der Waals surface area (Å²) in [6.45, 7) is 1.51. The standard InChI is InChI=1S/C29H31FN2O5S/c1-35-21-7-4-6-20(16-21)29(34)31(17-22-8-5-14-36-22)18-28(33)32-13-11-27-23(12-15-38-27)25(32)19-37-26-10-3-2-9-24(26)30/h2-4,6-7,9-10,12,15-16,22,25H,5,8,11,13-14,17-19H2,1H3. The maximum absolute atomic E-state index is 14.2. The Morgan fingerprint density at radius 2 is 2.05 bits per heavy atom. The zero-order chi connectivity index (χ0) is 26.5. The third kappa shape index (κ3) is 5.84. The van der Waals surface area contributed by atoms with Gasteiger partial charge in [-0.25, -0.2) is 4.39 Å². The van der Waals surface area contributed by atoms with Gasteiger partial charge in [0.25, 0.3) is 5.91 Å². The van der Waals surface area contributed by atoms with Crippen molar-refractivity contribution in [2.24, 2.45) is 0 Å². The fourth-order valence-electron chi connectivity index (χ4n) is 5.05. The van der Waals surface area contributed by atoms with E-state index in [2.05, 4.69) is 0 Å². The number of fused-ring (bicyclic) bond motifs is 1. The molecule has 1 fully saturated rings. The topological polar surface area (TPSA) is 68.3 Å². The third-order valence-corrected chi connectivity index (χ3v) is 8.02. The second-order valence-electron chi connectivity index (χ2n) is 9.45. The summed E-state index contributed by atoms with van der Waals surface area (Å²) in [5.41, 5.74) is 1.46. The Morgan fingerprint density at radius 1 is 1.18 bits per heavy atom. The molecule has 2 unspecified atom stereocenters. The van der Waals surface area contributed by atoms with E-state index in [1.807, 2.05) is 11.4 Å². The van der Waals surface area contributed by atoms with E-state index < -0.39 is 5.82 Å². The Hall–Kier alpha value is -3.43. The van der Waals surface area contributed by atoms with Gasteiger partial charge in [-0.15, -0.1) is 11.3 Å². The van der Waals surface area contributed by atoms with Gasteiger partial charge in [-0.1, -0.05) is 18.2 Å². The van der Waals surface area contributed by atoms with Gasteiger partial charge in [0.15, 0.2) is 11.6 Å². The molecule has 5 rings (SSSR count). The van der Waals surface area contributed by atoms with Gasteiger partial charge in [-0.05, 0) is 66.6 Å². The lowest BCUT2D eigenvalue weighted by Crippen LogP contribution is -2.49. The van der Waals surface area contributed by atoms with E-state index in [9.17, 15) is 14.0 Å². The number of amides is 2. The number of carbonyl (C=O) groups is 2. The van der Waals surface area contributed by atoms with Gasteiger partial charge in [-0.3, -0.25) is 9.59 Å². The lowest BCUT2D eigenvalue weighted by atomic mass is 10.00. The van der Waals surface area contributed by atoms with Crippen LogP contribution >= 0.6 is 11.3 Å². The van der Waals surface area contributed by atoms with Crippen LogP contribution < -0.4 is 9.47 Å². The Kier molecular flexibility index (Phi) is 8.24. The summed E-state index contributed by atoms with van der Waals surface area (Å²) in [5, 5.41) is 2.00. The van der Waals surface area contributed by atoms with E-state index >= 15 is 0 Å². The molecule has 3 heterocycles. The molecule has 1 aromatic heterocycles. The predicted octanol–water partition coefficient (Wildman–Crippen LogP) is 4.72. The molecule has 2 aliphatic heterocycles. The van der Waals surface area contributed by atoms with Crippen LogP contribution in [0.1, 0.15) is 39.7 Å². The van der Waals surface area contributed by atoms with Crippen LogP contribution in [0.5, 0.6) is 11.5 Å². The summed E-state index contributed by atoms with van der Waals surface area (Å²) < 4.78 is 31.2. The number of benzene rings is 2. The fourth-order valence-corrected chi connectivity index (χ4v) is 5.98. The zero-order valence-electron chi connectivity index (χ0n) is 21.3. The molecule has 2 aromatic carbocycles. The molecule has 0 saturated carbocycles. The van der Waals surface area contributed by atoms with E-state index in [1.165, 1.54) is 10.9 Å². The highest BCUT2D eigenvalue weighted by atomic mass is 32.1. The molecule has 9 heteroatoms. The Balaban J connectivity index is 1.36. The first-order chi connectivity index (χ1) is 18.5. The molecular formula is C29H31FN2O5S. The number of nitrogens with zero attached hydrogens (tertiary/aromatic N) is 2. The highest BCUT2D eigenvalue weighted by Crippen LogP contribution is 2.34. The minimum absolute atomic E-state index is 0.0917. The summed E-state index contributed by atoms with van der Waals surface area (Å²) in [7, 11) is 1.55. The average Bonchev–Trinajstić information content (AvgIpc) is 3.64. The van der Waals surface area contributed by atoms with Crippen LogP contribution in [0.4, 0.5) is 4.39 Å². The van der Waals surface area contributed by atoms with Crippen molar-refractivity contribution in [3.8, 4) is 11.5 Å². The first-order valence-corrected chi connectivity index (χ1v) is 13.7. The van der Waals surface area contributed by atoms with Crippen LogP contribution in [0.2, 0.25) is 0 Å². The summed E-state index contributed by atoms with van der Waals surface area (Å²) in [6, 6.07) is 14.8. The number of hydrogen-bond donors (Lipinski definition) is 0. The van der Waals surface area contributed by atoms with Crippen molar-refractivity contribution in [2.75, 3.05) is 40.0 Å². The maximum Gasteiger partial charge on any atom is 0.254 e. The number of para-hydroxylation sites is 1. The number of methoxy groups -OCH3 is 1. The molecule has 1 saturated heterocycles. The van der Waals surface area contributed by atoms with E-state index in [0.717, 1.165) is 24.8 Å². The van der Waals surface area contributed by atoms with E-state index in [0.29, 0.717) is 31.0 Å². The monoisotopic (exact) mass is 538 g/mol. The lowest BCUT2D eigenvalue weighted by molar-refractivity contribution is -0.135. The number of hydrogen-bond acceptors (Lipinski definition) is 6. The van der Waals surface area contributed by atoms with Gasteiger partial charge >= 0.3 is 0 Å². The second-order valence-corrected chi connectivity index (χ2v) is 10.4. The van der Waals surface area contributed by atoms with Gasteiger partial charge < -0.3 is 24.0 Å². The zero-order valence-corrected chi connectivity index (χ0v) is 22.1. The van der Waals surface area contributed by atoms with Gasteiger partial charge in [-0.2, -0.15) is 0 Å². The molecule has 3 aromatic rings. The minimum atomic E-state index is -0.446. The molecule has 0 N–H and O–H groups in total. The number of ether oxygens (including phenoxy) is 3. The van der Waals surface area contributed by atoms with Crippen molar-refractivity contribution in [1.29, 1.82) is 0 Å². The van der Waals surface area contributed by atoms with E-state index in [4.69, 9.17) is 14.2 Å². The number of thiophene rings is 1. The molecule has 0 bridgehead atoms. The minimum Gasteiger partial charge on any atom is -0.497 e. The van der Waals surface area contributed by atoms with Crippen molar-refractivity contribution >= 4 is 23.2 Å². The number of rotatable bonds is 9. The largest absolute Gasteiger partial charge is 0.497 e. The maximum atomic E-state index is 14.2. The number of halogens is 1. The third-order valence-electron chi connectivity index (χ3n) is 7.03. The average molecular weight is 539 g/mol. The first-order valence-electron chi connectivity index (χ1n) is 12.8. The molecule has 2 atom stereocenters. The normalized spacial score (nSPS) is 18.6. The SMILES string of the molecule is COc1cccc(C(=O)N(CC(=O)N2CCc3sccc3C2COc2ccccc2F)CC2CCCO2)c1. The number of carbonyl (C=O) groups excluding carboxylic acids is 2. The van der Waals surface area contributed by atoms with Gasteiger partial charge in [0, 0.05) is 30.1 Å². The van der Waals surface area contributed by atoms with Crippen LogP contribution in [-0.4, -0.2) is 67.7 Å². The second kappa shape index (κ2) is 12.0. The lowest BCUT2D eigenvalue weighted by Gasteiger charge is -2.37. The predicted molar refractivity (Wildman–Crippen MR) is 142 cm³/mol. The molecule has 0 aliphatic carbocycles. The van der Waals surface area contributed by atoms with Crippen molar-refractivity contribution in [3.05, 3.63) is 81.8 Å². The summed E-state index contributed by atoms with van der Waals surface area (Å²) in [4.78, 5) is 31.9. The Labute approximate surface area is 225 Å². The van der Waals surface area contributed by atoms with Crippen molar-refractivity contribution in [3.63, 3.8) is 0 Å². The molecule has 0 spiro atoms. The van der Waals surface area contributed by atoms with Crippen molar-refractivity contribution in [1.82, 2.24) is 9.80 Å². The van der Waals surface area contributed by atoms with Gasteiger partial charge in [0.2, 0.25) is 5.91 Å². The molecule has 200 valence electrons. The first kappa shape index (κ1) is 26.2. The van der Waals surface area contributed by atoms with E-state index in [1.54, 1.807) is 70.7 Å². The molecular weight excluding hydrogens is 507 g/mol. The fraction of sp³-hybridized carbons (Fsp3) is 0.379. The highest BCUT2D eigenvalue weighted by molar-refractivity contribution is 7.10. The summed E-state index contributed by atoms with van der Waals surface area (Å²) >= 11 is 1.65.